The zero-order valence-corrected chi connectivity index (χ0v) is 16.8. The zero-order valence-electron chi connectivity index (χ0n) is 16.0. The number of nitrogens with one attached hydrogen (secondary N) is 2. The second kappa shape index (κ2) is 8.38. The molecule has 0 heterocycles. The maximum Gasteiger partial charge on any atom is 0.408 e. The molecule has 1 rings (SSSR count). The van der Waals surface area contributed by atoms with E-state index >= 15 is 0 Å². The van der Waals surface area contributed by atoms with E-state index in [9.17, 15) is 18.0 Å². The average Bonchev–Trinajstić information content (AvgIpc) is 2.67. The minimum absolute atomic E-state index is 0.199. The van der Waals surface area contributed by atoms with E-state index in [2.05, 4.69) is 10.6 Å². The Morgan fingerprint density at radius 3 is 2.08 bits per heavy atom. The quantitative estimate of drug-likeness (QED) is 0.716. The number of ether oxygens (including phenoxy) is 1. The molecule has 0 radical (unpaired) electrons. The van der Waals surface area contributed by atoms with Gasteiger partial charge in [-0.1, -0.05) is 25.7 Å². The van der Waals surface area contributed by atoms with Gasteiger partial charge in [0.2, 0.25) is 5.91 Å². The van der Waals surface area contributed by atoms with Crippen LogP contribution in [0.2, 0.25) is 0 Å². The van der Waals surface area contributed by atoms with E-state index in [4.69, 9.17) is 4.74 Å². The van der Waals surface area contributed by atoms with Gasteiger partial charge in [0.1, 0.15) is 10.9 Å². The highest BCUT2D eigenvalue weighted by Gasteiger charge is 2.35. The van der Waals surface area contributed by atoms with Gasteiger partial charge in [0.15, 0.2) is 9.84 Å². The number of carbonyl (C=O) groups excluding carboxylic acids is 2. The monoisotopic (exact) mass is 376 g/mol. The Bertz CT molecular complexity index is 572. The van der Waals surface area contributed by atoms with Crippen LogP contribution in [-0.4, -0.2) is 49.6 Å². The van der Waals surface area contributed by atoms with Gasteiger partial charge in [-0.3, -0.25) is 4.79 Å². The molecule has 1 aliphatic carbocycles. The molecule has 1 unspecified atom stereocenters. The summed E-state index contributed by atoms with van der Waals surface area (Å²) < 4.78 is 28.4. The lowest BCUT2D eigenvalue weighted by Crippen LogP contribution is -2.57. The smallest absolute Gasteiger partial charge is 0.408 e. The fourth-order valence-corrected chi connectivity index (χ4v) is 3.34. The van der Waals surface area contributed by atoms with Crippen molar-refractivity contribution in [1.29, 1.82) is 0 Å². The van der Waals surface area contributed by atoms with Gasteiger partial charge in [0.25, 0.3) is 0 Å². The average molecular weight is 377 g/mol. The van der Waals surface area contributed by atoms with Crippen molar-refractivity contribution >= 4 is 21.8 Å². The molecule has 2 N–H and O–H groups in total. The van der Waals surface area contributed by atoms with Crippen LogP contribution < -0.4 is 10.6 Å². The molecule has 0 aromatic carbocycles. The topological polar surface area (TPSA) is 102 Å². The van der Waals surface area contributed by atoms with E-state index in [1.54, 1.807) is 20.8 Å². The number of hydrogen-bond donors (Lipinski definition) is 2. The van der Waals surface area contributed by atoms with E-state index in [1.807, 2.05) is 0 Å². The van der Waals surface area contributed by atoms with Crippen LogP contribution >= 0.6 is 0 Å². The molecule has 1 aliphatic rings. The van der Waals surface area contributed by atoms with E-state index in [-0.39, 0.29) is 6.54 Å². The fraction of sp³-hybridized carbons (Fsp3) is 0.882. The lowest BCUT2D eigenvalue weighted by Gasteiger charge is -2.35. The number of sulfone groups is 1. The van der Waals surface area contributed by atoms with Gasteiger partial charge in [0.05, 0.1) is 5.54 Å². The molecule has 1 saturated carbocycles. The van der Waals surface area contributed by atoms with Crippen LogP contribution in [-0.2, 0) is 19.4 Å². The zero-order chi connectivity index (χ0) is 19.3. The molecular weight excluding hydrogens is 344 g/mol. The molecule has 25 heavy (non-hydrogen) atoms. The van der Waals surface area contributed by atoms with Gasteiger partial charge in [0, 0.05) is 12.8 Å². The van der Waals surface area contributed by atoms with Crippen molar-refractivity contribution in [2.45, 2.75) is 82.6 Å². The molecule has 0 aliphatic heterocycles. The minimum Gasteiger partial charge on any atom is -0.444 e. The lowest BCUT2D eigenvalue weighted by atomic mass is 9.90. The first-order valence-electron chi connectivity index (χ1n) is 8.82. The Hall–Kier alpha value is -1.31. The Morgan fingerprint density at radius 1 is 1.12 bits per heavy atom. The maximum atomic E-state index is 12.2. The summed E-state index contributed by atoms with van der Waals surface area (Å²) in [6, 6.07) is 0. The number of hydrogen-bond acceptors (Lipinski definition) is 5. The third-order valence-electron chi connectivity index (χ3n) is 4.44. The van der Waals surface area contributed by atoms with Crippen LogP contribution in [0.15, 0.2) is 0 Å². The molecule has 2 amide bonds. The third-order valence-corrected chi connectivity index (χ3v) is 5.94. The molecule has 0 saturated heterocycles. The van der Waals surface area contributed by atoms with E-state index < -0.39 is 38.2 Å². The molecule has 146 valence electrons. The summed E-state index contributed by atoms with van der Waals surface area (Å²) in [4.78, 5) is 24.4. The standard InChI is InChI=1S/C17H32N2O5S/c1-13(25(5,22)23)14(20)18-12-17(10-8-6-7-9-11-17)19-15(21)24-16(2,3)4/h13H,6-12H2,1-5H3,(H,18,20)(H,19,21). The second-order valence-corrected chi connectivity index (χ2v) is 10.4. The van der Waals surface area contributed by atoms with E-state index in [0.717, 1.165) is 44.8 Å². The van der Waals surface area contributed by atoms with Gasteiger partial charge in [-0.05, 0) is 40.5 Å². The largest absolute Gasteiger partial charge is 0.444 e. The van der Waals surface area contributed by atoms with Crippen molar-refractivity contribution in [3.05, 3.63) is 0 Å². The first-order chi connectivity index (χ1) is 11.3. The second-order valence-electron chi connectivity index (χ2n) is 8.01. The Balaban J connectivity index is 2.82. The Morgan fingerprint density at radius 2 is 1.64 bits per heavy atom. The number of rotatable bonds is 5. The first kappa shape index (κ1) is 21.7. The number of carbonyl (C=O) groups is 2. The molecule has 0 bridgehead atoms. The third kappa shape index (κ3) is 7.63. The predicted molar refractivity (Wildman–Crippen MR) is 97.1 cm³/mol. The highest BCUT2D eigenvalue weighted by molar-refractivity contribution is 7.92. The van der Waals surface area contributed by atoms with Crippen molar-refractivity contribution in [3.8, 4) is 0 Å². The van der Waals surface area contributed by atoms with Crippen LogP contribution in [0.3, 0.4) is 0 Å². The minimum atomic E-state index is -3.45. The highest BCUT2D eigenvalue weighted by Crippen LogP contribution is 2.27. The van der Waals surface area contributed by atoms with Crippen LogP contribution in [0, 0.1) is 0 Å². The van der Waals surface area contributed by atoms with Crippen molar-refractivity contribution in [2.75, 3.05) is 12.8 Å². The lowest BCUT2D eigenvalue weighted by molar-refractivity contribution is -0.120. The van der Waals surface area contributed by atoms with Crippen LogP contribution in [0.1, 0.15) is 66.2 Å². The number of amides is 2. The first-order valence-corrected chi connectivity index (χ1v) is 10.8. The summed E-state index contributed by atoms with van der Waals surface area (Å²) in [5, 5.41) is 4.53. The van der Waals surface area contributed by atoms with Crippen molar-refractivity contribution in [3.63, 3.8) is 0 Å². The summed E-state index contributed by atoms with van der Waals surface area (Å²) >= 11 is 0. The maximum absolute atomic E-state index is 12.2. The Labute approximate surface area is 151 Å². The molecule has 1 atom stereocenters. The summed E-state index contributed by atoms with van der Waals surface area (Å²) in [6.45, 7) is 6.95. The van der Waals surface area contributed by atoms with E-state index in [0.29, 0.717) is 0 Å². The van der Waals surface area contributed by atoms with Crippen molar-refractivity contribution < 1.29 is 22.7 Å². The van der Waals surface area contributed by atoms with Gasteiger partial charge in [-0.2, -0.15) is 0 Å². The van der Waals surface area contributed by atoms with Crippen LogP contribution in [0.4, 0.5) is 4.79 Å². The number of alkyl carbamates (subject to hydrolysis) is 1. The van der Waals surface area contributed by atoms with Crippen LogP contribution in [0.5, 0.6) is 0 Å². The summed E-state index contributed by atoms with van der Waals surface area (Å²) in [5.41, 5.74) is -1.21. The molecule has 7 nitrogen and oxygen atoms in total. The molecule has 0 spiro atoms. The summed E-state index contributed by atoms with van der Waals surface area (Å²) in [5.74, 6) is -0.544. The molecule has 8 heteroatoms. The fourth-order valence-electron chi connectivity index (χ4n) is 2.87. The SMILES string of the molecule is CC(C(=O)NCC1(NC(=O)OC(C)(C)C)CCCCCC1)S(C)(=O)=O. The van der Waals surface area contributed by atoms with Gasteiger partial charge >= 0.3 is 6.09 Å². The molecule has 1 fully saturated rings. The van der Waals surface area contributed by atoms with Gasteiger partial charge in [-0.15, -0.1) is 0 Å². The highest BCUT2D eigenvalue weighted by atomic mass is 32.2. The molecule has 0 aromatic rings. The van der Waals surface area contributed by atoms with Crippen molar-refractivity contribution in [1.82, 2.24) is 10.6 Å². The van der Waals surface area contributed by atoms with Crippen molar-refractivity contribution in [2.24, 2.45) is 0 Å². The van der Waals surface area contributed by atoms with Gasteiger partial charge < -0.3 is 15.4 Å². The summed E-state index contributed by atoms with van der Waals surface area (Å²) in [6.07, 6.45) is 5.99. The molecular formula is C17H32N2O5S. The normalized spacial score (nSPS) is 19.4. The Kier molecular flexibility index (Phi) is 7.28. The van der Waals surface area contributed by atoms with Crippen LogP contribution in [0.25, 0.3) is 0 Å². The van der Waals surface area contributed by atoms with E-state index in [1.165, 1.54) is 6.92 Å². The summed E-state index contributed by atoms with van der Waals surface area (Å²) in [7, 11) is -3.45. The molecule has 0 aromatic heterocycles. The van der Waals surface area contributed by atoms with Gasteiger partial charge in [-0.25, -0.2) is 13.2 Å². The predicted octanol–water partition coefficient (Wildman–Crippen LogP) is 2.15.